The smallest absolute Gasteiger partial charge is 0.0471 e. The van der Waals surface area contributed by atoms with Crippen LogP contribution in [0.4, 0.5) is 0 Å². The van der Waals surface area contributed by atoms with E-state index in [0.717, 1.165) is 12.8 Å². The van der Waals surface area contributed by atoms with Gasteiger partial charge in [0, 0.05) is 6.61 Å². The summed E-state index contributed by atoms with van der Waals surface area (Å²) in [5.74, 6) is 0. The molecule has 0 saturated carbocycles. The molecule has 0 saturated heterocycles. The Kier molecular flexibility index (Phi) is 3.97. The van der Waals surface area contributed by atoms with E-state index in [4.69, 9.17) is 5.11 Å². The van der Waals surface area contributed by atoms with Crippen molar-refractivity contribution in [3.8, 4) is 0 Å². The van der Waals surface area contributed by atoms with Crippen LogP contribution < -0.4 is 0 Å². The van der Waals surface area contributed by atoms with Crippen molar-refractivity contribution >= 4 is 0 Å². The van der Waals surface area contributed by atoms with Crippen molar-refractivity contribution in [1.29, 1.82) is 0 Å². The van der Waals surface area contributed by atoms with Crippen molar-refractivity contribution in [1.82, 2.24) is 0 Å². The van der Waals surface area contributed by atoms with Gasteiger partial charge in [-0.1, -0.05) is 31.5 Å². The van der Waals surface area contributed by atoms with Crippen LogP contribution in [0.3, 0.4) is 0 Å². The van der Waals surface area contributed by atoms with Gasteiger partial charge in [0.25, 0.3) is 0 Å². The highest BCUT2D eigenvalue weighted by Crippen LogP contribution is 2.16. The van der Waals surface area contributed by atoms with Gasteiger partial charge in [0.05, 0.1) is 0 Å². The quantitative estimate of drug-likeness (QED) is 0.751. The molecule has 0 atom stereocenters. The average molecular weight is 178 g/mol. The fourth-order valence-electron chi connectivity index (χ4n) is 1.73. The molecule has 0 aliphatic carbocycles. The van der Waals surface area contributed by atoms with Crippen LogP contribution in [0.1, 0.15) is 30.0 Å². The zero-order valence-electron chi connectivity index (χ0n) is 8.51. The summed E-state index contributed by atoms with van der Waals surface area (Å²) in [6, 6.07) is 6.33. The molecule has 0 aliphatic heterocycles. The largest absolute Gasteiger partial charge is 0.396 e. The Morgan fingerprint density at radius 2 is 2.00 bits per heavy atom. The van der Waals surface area contributed by atoms with Crippen molar-refractivity contribution in [3.05, 3.63) is 34.9 Å². The maximum absolute atomic E-state index is 8.90. The van der Waals surface area contributed by atoms with Gasteiger partial charge in [-0.15, -0.1) is 0 Å². The molecule has 1 nitrogen and oxygen atoms in total. The van der Waals surface area contributed by atoms with Gasteiger partial charge < -0.3 is 5.11 Å². The van der Waals surface area contributed by atoms with Crippen molar-refractivity contribution < 1.29 is 5.11 Å². The molecule has 72 valence electrons. The highest BCUT2D eigenvalue weighted by Gasteiger charge is 2.03. The normalized spacial score (nSPS) is 10.4. The summed E-state index contributed by atoms with van der Waals surface area (Å²) < 4.78 is 0. The van der Waals surface area contributed by atoms with E-state index in [0.29, 0.717) is 0 Å². The topological polar surface area (TPSA) is 20.2 Å². The number of rotatable bonds is 4. The molecule has 0 bridgehead atoms. The standard InChI is InChI=1S/C12H18O/c1-3-5-12-10(2)6-4-7-11(12)8-9-13/h4,6-7,13H,3,5,8-9H2,1-2H3. The third kappa shape index (κ3) is 2.56. The lowest BCUT2D eigenvalue weighted by Crippen LogP contribution is -1.99. The maximum Gasteiger partial charge on any atom is 0.0471 e. The number of aliphatic hydroxyl groups excluding tert-OH is 1. The summed E-state index contributed by atoms with van der Waals surface area (Å²) in [5.41, 5.74) is 4.09. The number of benzene rings is 1. The zero-order valence-corrected chi connectivity index (χ0v) is 8.51. The molecular weight excluding hydrogens is 160 g/mol. The molecule has 1 rings (SSSR count). The van der Waals surface area contributed by atoms with Gasteiger partial charge >= 0.3 is 0 Å². The second kappa shape index (κ2) is 5.03. The van der Waals surface area contributed by atoms with Gasteiger partial charge in [-0.3, -0.25) is 0 Å². The summed E-state index contributed by atoms with van der Waals surface area (Å²) in [6.45, 7) is 4.58. The second-order valence-corrected chi connectivity index (χ2v) is 3.44. The van der Waals surface area contributed by atoms with E-state index < -0.39 is 0 Å². The highest BCUT2D eigenvalue weighted by molar-refractivity contribution is 5.34. The lowest BCUT2D eigenvalue weighted by Gasteiger charge is -2.10. The van der Waals surface area contributed by atoms with Crippen LogP contribution in [0.15, 0.2) is 18.2 Å². The Morgan fingerprint density at radius 1 is 1.23 bits per heavy atom. The Labute approximate surface area is 80.4 Å². The molecule has 0 amide bonds. The monoisotopic (exact) mass is 178 g/mol. The summed E-state index contributed by atoms with van der Waals surface area (Å²) in [4.78, 5) is 0. The first kappa shape index (κ1) is 10.3. The summed E-state index contributed by atoms with van der Waals surface area (Å²) in [7, 11) is 0. The first-order chi connectivity index (χ1) is 6.29. The van der Waals surface area contributed by atoms with E-state index in [1.54, 1.807) is 0 Å². The average Bonchev–Trinajstić information content (AvgIpc) is 2.11. The molecule has 1 aromatic rings. The summed E-state index contributed by atoms with van der Waals surface area (Å²) in [5, 5.41) is 8.90. The molecule has 0 aliphatic rings. The molecule has 0 radical (unpaired) electrons. The molecule has 0 spiro atoms. The molecule has 13 heavy (non-hydrogen) atoms. The SMILES string of the molecule is CCCc1c(C)cccc1CCO. The van der Waals surface area contributed by atoms with Crippen LogP contribution in [0, 0.1) is 6.92 Å². The molecule has 0 unspecified atom stereocenters. The van der Waals surface area contributed by atoms with Crippen molar-refractivity contribution in [2.75, 3.05) is 6.61 Å². The van der Waals surface area contributed by atoms with E-state index in [9.17, 15) is 0 Å². The van der Waals surface area contributed by atoms with E-state index in [1.165, 1.54) is 23.1 Å². The van der Waals surface area contributed by atoms with Crippen molar-refractivity contribution in [2.24, 2.45) is 0 Å². The van der Waals surface area contributed by atoms with Crippen LogP contribution in [0.25, 0.3) is 0 Å². The first-order valence-electron chi connectivity index (χ1n) is 4.97. The third-order valence-electron chi connectivity index (χ3n) is 2.39. The van der Waals surface area contributed by atoms with E-state index >= 15 is 0 Å². The van der Waals surface area contributed by atoms with E-state index in [1.807, 2.05) is 0 Å². The molecular formula is C12H18O. The van der Waals surface area contributed by atoms with Crippen molar-refractivity contribution in [3.63, 3.8) is 0 Å². The molecule has 1 aromatic carbocycles. The van der Waals surface area contributed by atoms with Gasteiger partial charge in [-0.05, 0) is 36.5 Å². The second-order valence-electron chi connectivity index (χ2n) is 3.44. The fourth-order valence-corrected chi connectivity index (χ4v) is 1.73. The highest BCUT2D eigenvalue weighted by atomic mass is 16.2. The molecule has 0 aromatic heterocycles. The van der Waals surface area contributed by atoms with E-state index in [2.05, 4.69) is 32.0 Å². The molecule has 1 N–H and O–H groups in total. The molecule has 0 heterocycles. The van der Waals surface area contributed by atoms with Crippen LogP contribution in [-0.4, -0.2) is 11.7 Å². The number of hydrogen-bond acceptors (Lipinski definition) is 1. The number of aliphatic hydroxyl groups is 1. The van der Waals surface area contributed by atoms with Gasteiger partial charge in [0.1, 0.15) is 0 Å². The lowest BCUT2D eigenvalue weighted by atomic mass is 9.96. The number of aryl methyl sites for hydroxylation is 1. The Hall–Kier alpha value is -0.820. The van der Waals surface area contributed by atoms with Gasteiger partial charge in [-0.25, -0.2) is 0 Å². The summed E-state index contributed by atoms with van der Waals surface area (Å²) in [6.07, 6.45) is 3.09. The zero-order chi connectivity index (χ0) is 9.68. The van der Waals surface area contributed by atoms with Crippen LogP contribution in [0.5, 0.6) is 0 Å². The Balaban J connectivity index is 2.95. The van der Waals surface area contributed by atoms with Crippen LogP contribution in [0.2, 0.25) is 0 Å². The third-order valence-corrected chi connectivity index (χ3v) is 2.39. The van der Waals surface area contributed by atoms with Crippen LogP contribution >= 0.6 is 0 Å². The Morgan fingerprint density at radius 3 is 2.62 bits per heavy atom. The van der Waals surface area contributed by atoms with E-state index in [-0.39, 0.29) is 6.61 Å². The minimum Gasteiger partial charge on any atom is -0.396 e. The molecule has 1 heteroatoms. The first-order valence-corrected chi connectivity index (χ1v) is 4.97. The van der Waals surface area contributed by atoms with Gasteiger partial charge in [0.15, 0.2) is 0 Å². The minimum absolute atomic E-state index is 0.250. The fraction of sp³-hybridized carbons (Fsp3) is 0.500. The Bertz CT molecular complexity index is 266. The van der Waals surface area contributed by atoms with Gasteiger partial charge in [-0.2, -0.15) is 0 Å². The van der Waals surface area contributed by atoms with Gasteiger partial charge in [0.2, 0.25) is 0 Å². The van der Waals surface area contributed by atoms with Crippen LogP contribution in [-0.2, 0) is 12.8 Å². The lowest BCUT2D eigenvalue weighted by molar-refractivity contribution is 0.299. The summed E-state index contributed by atoms with van der Waals surface area (Å²) >= 11 is 0. The predicted octanol–water partition coefficient (Wildman–Crippen LogP) is 2.48. The molecule has 0 fully saturated rings. The minimum atomic E-state index is 0.250. The van der Waals surface area contributed by atoms with Crippen molar-refractivity contribution in [2.45, 2.75) is 33.1 Å². The number of hydrogen-bond donors (Lipinski definition) is 1. The maximum atomic E-state index is 8.90. The predicted molar refractivity (Wildman–Crippen MR) is 56.0 cm³/mol.